The highest BCUT2D eigenvalue weighted by Gasteiger charge is 2.15. The first kappa shape index (κ1) is 11.8. The Kier molecular flexibility index (Phi) is 4.42. The molecule has 15 heavy (non-hydrogen) atoms. The number of carbonyl (C=O) groups is 1. The summed E-state index contributed by atoms with van der Waals surface area (Å²) in [5.41, 5.74) is 5.61. The van der Waals surface area contributed by atoms with Gasteiger partial charge in [0.15, 0.2) is 0 Å². The monoisotopic (exact) mass is 212 g/mol. The average molecular weight is 212 g/mol. The number of nitrogens with one attached hydrogen (secondary N) is 1. The molecule has 0 radical (unpaired) electrons. The van der Waals surface area contributed by atoms with Crippen molar-refractivity contribution in [2.75, 3.05) is 39.3 Å². The normalized spacial score (nSPS) is 17.5. The van der Waals surface area contributed by atoms with E-state index in [1.54, 1.807) is 0 Å². The zero-order valence-electron chi connectivity index (χ0n) is 9.33. The van der Waals surface area contributed by atoms with Crippen LogP contribution in [-0.4, -0.2) is 55.0 Å². The Balaban J connectivity index is 2.14. The van der Waals surface area contributed by atoms with Crippen LogP contribution in [0.5, 0.6) is 0 Å². The van der Waals surface area contributed by atoms with E-state index in [1.165, 1.54) is 6.92 Å². The van der Waals surface area contributed by atoms with Gasteiger partial charge in [-0.2, -0.15) is 0 Å². The highest BCUT2D eigenvalue weighted by molar-refractivity contribution is 5.72. The van der Waals surface area contributed by atoms with Crippen molar-refractivity contribution in [3.05, 3.63) is 12.4 Å². The minimum Gasteiger partial charge on any atom is -0.386 e. The number of rotatable bonds is 4. The van der Waals surface area contributed by atoms with Crippen LogP contribution in [0.4, 0.5) is 0 Å². The Morgan fingerprint density at radius 1 is 1.40 bits per heavy atom. The van der Waals surface area contributed by atoms with Gasteiger partial charge < -0.3 is 16.0 Å². The van der Waals surface area contributed by atoms with Crippen LogP contribution in [0, 0.1) is 0 Å². The minimum atomic E-state index is 0.0315. The largest absolute Gasteiger partial charge is 0.386 e. The Morgan fingerprint density at radius 3 is 2.47 bits per heavy atom. The third-order valence-electron chi connectivity index (χ3n) is 2.58. The van der Waals surface area contributed by atoms with Crippen molar-refractivity contribution in [2.24, 2.45) is 5.73 Å². The van der Waals surface area contributed by atoms with Gasteiger partial charge in [0.25, 0.3) is 0 Å². The van der Waals surface area contributed by atoms with Crippen LogP contribution in [0.25, 0.3) is 0 Å². The summed E-state index contributed by atoms with van der Waals surface area (Å²) >= 11 is 0. The van der Waals surface area contributed by atoms with Gasteiger partial charge in [0, 0.05) is 46.2 Å². The summed E-state index contributed by atoms with van der Waals surface area (Å²) in [5, 5.41) is 2.79. The van der Waals surface area contributed by atoms with Crippen molar-refractivity contribution in [3.8, 4) is 0 Å². The number of nitrogens with zero attached hydrogens (tertiary/aromatic N) is 2. The van der Waals surface area contributed by atoms with Gasteiger partial charge in [-0.05, 0) is 0 Å². The SMILES string of the molecule is C=C(N)N1CCN(CCNC(C)=O)CC1. The molecule has 0 aromatic rings. The van der Waals surface area contributed by atoms with Gasteiger partial charge in [-0.25, -0.2) is 0 Å². The molecule has 3 N–H and O–H groups in total. The Bertz CT molecular complexity index is 231. The fraction of sp³-hybridized carbons (Fsp3) is 0.700. The number of hydrogen-bond donors (Lipinski definition) is 2. The van der Waals surface area contributed by atoms with Gasteiger partial charge in [-0.1, -0.05) is 6.58 Å². The molecule has 1 aliphatic heterocycles. The van der Waals surface area contributed by atoms with Gasteiger partial charge in [-0.3, -0.25) is 9.69 Å². The second kappa shape index (κ2) is 5.60. The van der Waals surface area contributed by atoms with E-state index in [9.17, 15) is 4.79 Å². The maximum Gasteiger partial charge on any atom is 0.216 e. The molecule has 1 saturated heterocycles. The van der Waals surface area contributed by atoms with Crippen LogP contribution < -0.4 is 11.1 Å². The number of nitrogens with two attached hydrogens (primary N) is 1. The topological polar surface area (TPSA) is 61.6 Å². The first-order valence-corrected chi connectivity index (χ1v) is 5.25. The molecule has 1 amide bonds. The first-order valence-electron chi connectivity index (χ1n) is 5.25. The van der Waals surface area contributed by atoms with Crippen molar-refractivity contribution >= 4 is 5.91 Å². The Hall–Kier alpha value is -1.23. The van der Waals surface area contributed by atoms with Crippen molar-refractivity contribution in [3.63, 3.8) is 0 Å². The van der Waals surface area contributed by atoms with E-state index in [0.29, 0.717) is 5.82 Å². The summed E-state index contributed by atoms with van der Waals surface area (Å²) in [4.78, 5) is 15.1. The number of hydrogen-bond acceptors (Lipinski definition) is 4. The van der Waals surface area contributed by atoms with E-state index < -0.39 is 0 Å². The molecule has 0 saturated carbocycles. The first-order chi connectivity index (χ1) is 7.09. The third kappa shape index (κ3) is 4.20. The maximum absolute atomic E-state index is 10.7. The summed E-state index contributed by atoms with van der Waals surface area (Å²) < 4.78 is 0. The lowest BCUT2D eigenvalue weighted by Gasteiger charge is -2.35. The quantitative estimate of drug-likeness (QED) is 0.638. The molecule has 0 aromatic heterocycles. The maximum atomic E-state index is 10.7. The number of piperazine rings is 1. The van der Waals surface area contributed by atoms with E-state index in [0.717, 1.165) is 39.3 Å². The fourth-order valence-corrected chi connectivity index (χ4v) is 1.65. The van der Waals surface area contributed by atoms with Crippen molar-refractivity contribution in [1.29, 1.82) is 0 Å². The highest BCUT2D eigenvalue weighted by atomic mass is 16.1. The van der Waals surface area contributed by atoms with E-state index in [-0.39, 0.29) is 5.91 Å². The second-order valence-corrected chi connectivity index (χ2v) is 3.80. The number of carbonyl (C=O) groups excluding carboxylic acids is 1. The van der Waals surface area contributed by atoms with Gasteiger partial charge >= 0.3 is 0 Å². The van der Waals surface area contributed by atoms with E-state index in [2.05, 4.69) is 21.7 Å². The van der Waals surface area contributed by atoms with Crippen LogP contribution >= 0.6 is 0 Å². The van der Waals surface area contributed by atoms with Gasteiger partial charge in [0.05, 0.1) is 5.82 Å². The molecule has 0 unspecified atom stereocenters. The second-order valence-electron chi connectivity index (χ2n) is 3.80. The smallest absolute Gasteiger partial charge is 0.216 e. The summed E-state index contributed by atoms with van der Waals surface area (Å²) in [5.74, 6) is 0.681. The Morgan fingerprint density at radius 2 is 2.00 bits per heavy atom. The molecule has 1 heterocycles. The lowest BCUT2D eigenvalue weighted by molar-refractivity contribution is -0.119. The third-order valence-corrected chi connectivity index (χ3v) is 2.58. The van der Waals surface area contributed by atoms with Crippen LogP contribution in [0.3, 0.4) is 0 Å². The van der Waals surface area contributed by atoms with Crippen LogP contribution in [0.15, 0.2) is 12.4 Å². The Labute approximate surface area is 90.9 Å². The van der Waals surface area contributed by atoms with E-state index in [1.807, 2.05) is 0 Å². The van der Waals surface area contributed by atoms with E-state index >= 15 is 0 Å². The van der Waals surface area contributed by atoms with Crippen molar-refractivity contribution in [1.82, 2.24) is 15.1 Å². The van der Waals surface area contributed by atoms with Crippen molar-refractivity contribution < 1.29 is 4.79 Å². The van der Waals surface area contributed by atoms with Crippen LogP contribution in [0.2, 0.25) is 0 Å². The molecule has 0 aromatic carbocycles. The molecule has 1 aliphatic rings. The van der Waals surface area contributed by atoms with Gasteiger partial charge in [-0.15, -0.1) is 0 Å². The molecule has 5 heteroatoms. The van der Waals surface area contributed by atoms with Crippen LogP contribution in [0.1, 0.15) is 6.92 Å². The van der Waals surface area contributed by atoms with Gasteiger partial charge in [0.1, 0.15) is 0 Å². The summed E-state index contributed by atoms with van der Waals surface area (Å²) in [7, 11) is 0. The molecular formula is C10H20N4O. The molecular weight excluding hydrogens is 192 g/mol. The summed E-state index contributed by atoms with van der Waals surface area (Å²) in [6.45, 7) is 10.7. The molecule has 5 nitrogen and oxygen atoms in total. The molecule has 1 fully saturated rings. The summed E-state index contributed by atoms with van der Waals surface area (Å²) in [6, 6.07) is 0. The van der Waals surface area contributed by atoms with Gasteiger partial charge in [0.2, 0.25) is 5.91 Å². The molecule has 0 aliphatic carbocycles. The molecule has 0 bridgehead atoms. The standard InChI is InChI=1S/C10H20N4O/c1-9(11)14-7-5-13(6-8-14)4-3-12-10(2)15/h1,3-8,11H2,2H3,(H,12,15). The number of amides is 1. The lowest BCUT2D eigenvalue weighted by Crippen LogP contribution is -2.48. The molecule has 86 valence electrons. The predicted octanol–water partition coefficient (Wildman–Crippen LogP) is -0.830. The predicted molar refractivity (Wildman–Crippen MR) is 60.0 cm³/mol. The zero-order valence-corrected chi connectivity index (χ0v) is 9.33. The van der Waals surface area contributed by atoms with Crippen LogP contribution in [-0.2, 0) is 4.79 Å². The average Bonchev–Trinajstić information content (AvgIpc) is 2.18. The molecule has 0 atom stereocenters. The fourth-order valence-electron chi connectivity index (χ4n) is 1.65. The lowest BCUT2D eigenvalue weighted by atomic mass is 10.3. The van der Waals surface area contributed by atoms with Crippen molar-refractivity contribution in [2.45, 2.75) is 6.92 Å². The highest BCUT2D eigenvalue weighted by Crippen LogP contribution is 2.03. The molecule has 0 spiro atoms. The molecule has 1 rings (SSSR count). The summed E-state index contributed by atoms with van der Waals surface area (Å²) in [6.07, 6.45) is 0. The minimum absolute atomic E-state index is 0.0315. The van der Waals surface area contributed by atoms with E-state index in [4.69, 9.17) is 5.73 Å². The zero-order chi connectivity index (χ0) is 11.3.